The van der Waals surface area contributed by atoms with Crippen LogP contribution in [-0.2, 0) is 4.79 Å². The molecule has 0 atom stereocenters. The maximum atomic E-state index is 12.6. The smallest absolute Gasteiger partial charge is 0.328 e. The number of carbonyl (C=O) groups is 2. The first-order valence-electron chi connectivity index (χ1n) is 6.78. The summed E-state index contributed by atoms with van der Waals surface area (Å²) < 4.78 is 0. The molecule has 5 heteroatoms. The van der Waals surface area contributed by atoms with Crippen LogP contribution in [0.25, 0.3) is 6.08 Å². The first kappa shape index (κ1) is 14.8. The maximum absolute atomic E-state index is 12.6. The van der Waals surface area contributed by atoms with E-state index < -0.39 is 5.97 Å². The normalized spacial score (nSPS) is 14.9. The third kappa shape index (κ3) is 3.70. The van der Waals surface area contributed by atoms with E-state index in [4.69, 9.17) is 5.11 Å². The van der Waals surface area contributed by atoms with E-state index in [1.165, 1.54) is 30.3 Å². The molecule has 1 aliphatic carbocycles. The van der Waals surface area contributed by atoms with Crippen molar-refractivity contribution in [3.8, 4) is 0 Å². The topological polar surface area (TPSA) is 57.6 Å². The van der Waals surface area contributed by atoms with Crippen molar-refractivity contribution in [2.24, 2.45) is 5.92 Å². The number of hydrogen-bond donors (Lipinski definition) is 1. The third-order valence-corrected chi connectivity index (χ3v) is 4.25. The van der Waals surface area contributed by atoms with E-state index >= 15 is 0 Å². The Kier molecular flexibility index (Phi) is 4.60. The Balaban J connectivity index is 2.18. The summed E-state index contributed by atoms with van der Waals surface area (Å²) in [5, 5.41) is 10.5. The highest BCUT2D eigenvalue weighted by atomic mass is 32.1. The second kappa shape index (κ2) is 6.22. The molecule has 0 spiro atoms. The molecule has 1 aromatic heterocycles. The monoisotopic (exact) mass is 293 g/mol. The van der Waals surface area contributed by atoms with Crippen molar-refractivity contribution < 1.29 is 14.7 Å². The van der Waals surface area contributed by atoms with Crippen LogP contribution in [0.15, 0.2) is 17.5 Å². The second-order valence-electron chi connectivity index (χ2n) is 5.37. The molecule has 0 radical (unpaired) electrons. The van der Waals surface area contributed by atoms with Gasteiger partial charge in [0.2, 0.25) is 0 Å². The number of carboxylic acid groups (broad SMARTS) is 1. The molecule has 1 aromatic rings. The quantitative estimate of drug-likeness (QED) is 0.820. The molecule has 1 saturated carbocycles. The van der Waals surface area contributed by atoms with Crippen molar-refractivity contribution in [2.75, 3.05) is 6.54 Å². The van der Waals surface area contributed by atoms with E-state index in [-0.39, 0.29) is 11.9 Å². The predicted octanol–water partition coefficient (Wildman–Crippen LogP) is 3.11. The van der Waals surface area contributed by atoms with Crippen LogP contribution >= 0.6 is 11.3 Å². The summed E-state index contributed by atoms with van der Waals surface area (Å²) >= 11 is 1.37. The van der Waals surface area contributed by atoms with Gasteiger partial charge in [0.25, 0.3) is 5.91 Å². The lowest BCUT2D eigenvalue weighted by Gasteiger charge is -2.26. The molecule has 0 unspecified atom stereocenters. The van der Waals surface area contributed by atoms with Crippen LogP contribution in [-0.4, -0.2) is 34.5 Å². The number of hydrogen-bond acceptors (Lipinski definition) is 3. The molecule has 2 rings (SSSR count). The fourth-order valence-corrected chi connectivity index (χ4v) is 2.86. The summed E-state index contributed by atoms with van der Waals surface area (Å²) in [5.74, 6) is -0.362. The molecule has 0 aliphatic heterocycles. The minimum Gasteiger partial charge on any atom is -0.478 e. The molecule has 1 fully saturated rings. The first-order chi connectivity index (χ1) is 9.49. The molecule has 4 nitrogen and oxygen atoms in total. The van der Waals surface area contributed by atoms with Gasteiger partial charge >= 0.3 is 5.97 Å². The van der Waals surface area contributed by atoms with Gasteiger partial charge < -0.3 is 10.0 Å². The van der Waals surface area contributed by atoms with Crippen LogP contribution < -0.4 is 0 Å². The van der Waals surface area contributed by atoms with E-state index in [2.05, 4.69) is 0 Å². The van der Waals surface area contributed by atoms with E-state index in [0.29, 0.717) is 16.4 Å². The van der Waals surface area contributed by atoms with Crippen LogP contribution in [0, 0.1) is 5.92 Å². The lowest BCUT2D eigenvalue weighted by molar-refractivity contribution is -0.131. The summed E-state index contributed by atoms with van der Waals surface area (Å²) in [6.45, 7) is 4.83. The zero-order valence-corrected chi connectivity index (χ0v) is 12.5. The van der Waals surface area contributed by atoms with Gasteiger partial charge in [-0.2, -0.15) is 0 Å². The Morgan fingerprint density at radius 2 is 2.20 bits per heavy atom. The largest absolute Gasteiger partial charge is 0.478 e. The average Bonchev–Trinajstić information content (AvgIpc) is 3.08. The molecule has 1 heterocycles. The third-order valence-electron chi connectivity index (χ3n) is 3.33. The second-order valence-corrected chi connectivity index (χ2v) is 6.29. The van der Waals surface area contributed by atoms with Gasteiger partial charge in [-0.3, -0.25) is 4.79 Å². The number of thiophene rings is 1. The Morgan fingerprint density at radius 3 is 2.75 bits per heavy atom. The summed E-state index contributed by atoms with van der Waals surface area (Å²) in [6.07, 6.45) is 4.96. The number of rotatable bonds is 6. The van der Waals surface area contributed by atoms with Gasteiger partial charge in [0, 0.05) is 18.7 Å². The average molecular weight is 293 g/mol. The fraction of sp³-hybridized carbons (Fsp3) is 0.467. The molecule has 0 saturated heterocycles. The highest BCUT2D eigenvalue weighted by molar-refractivity contribution is 7.12. The highest BCUT2D eigenvalue weighted by Crippen LogP contribution is 2.31. The minimum atomic E-state index is -1.01. The lowest BCUT2D eigenvalue weighted by atomic mass is 10.2. The molecule has 108 valence electrons. The van der Waals surface area contributed by atoms with E-state index in [1.807, 2.05) is 24.1 Å². The Morgan fingerprint density at radius 1 is 1.50 bits per heavy atom. The predicted molar refractivity (Wildman–Crippen MR) is 79.9 cm³/mol. The zero-order chi connectivity index (χ0) is 14.7. The summed E-state index contributed by atoms with van der Waals surface area (Å²) in [5.41, 5.74) is 0.684. The number of carboxylic acids is 1. The SMILES string of the molecule is CC(C)N(CC1CC1)C(=O)c1sccc1C=CC(=O)O. The van der Waals surface area contributed by atoms with Crippen molar-refractivity contribution in [1.82, 2.24) is 4.90 Å². The molecule has 0 bridgehead atoms. The Bertz CT molecular complexity index is 529. The summed E-state index contributed by atoms with van der Waals surface area (Å²) in [4.78, 5) is 25.7. The van der Waals surface area contributed by atoms with Gasteiger partial charge in [-0.1, -0.05) is 0 Å². The number of amides is 1. The highest BCUT2D eigenvalue weighted by Gasteiger charge is 2.29. The molecule has 1 aliphatic rings. The number of carbonyl (C=O) groups excluding carboxylic acids is 1. The van der Waals surface area contributed by atoms with Crippen LogP contribution in [0.1, 0.15) is 41.9 Å². The van der Waals surface area contributed by atoms with Crippen molar-refractivity contribution in [3.63, 3.8) is 0 Å². The lowest BCUT2D eigenvalue weighted by Crippen LogP contribution is -2.38. The first-order valence-corrected chi connectivity index (χ1v) is 7.66. The standard InChI is InChI=1S/C15H19NO3S/c1-10(2)16(9-11-3-4-11)15(19)14-12(7-8-20-14)5-6-13(17)18/h5-8,10-11H,3-4,9H2,1-2H3,(H,17,18). The molecule has 1 amide bonds. The zero-order valence-electron chi connectivity index (χ0n) is 11.7. The van der Waals surface area contributed by atoms with E-state index in [0.717, 1.165) is 12.6 Å². The van der Waals surface area contributed by atoms with Crippen LogP contribution in [0.5, 0.6) is 0 Å². The molecular formula is C15H19NO3S. The Hall–Kier alpha value is -1.62. The Labute approximate surface area is 122 Å². The van der Waals surface area contributed by atoms with Crippen LogP contribution in [0.4, 0.5) is 0 Å². The van der Waals surface area contributed by atoms with Gasteiger partial charge in [0.05, 0.1) is 4.88 Å². The van der Waals surface area contributed by atoms with Crippen LogP contribution in [0.2, 0.25) is 0 Å². The van der Waals surface area contributed by atoms with Crippen molar-refractivity contribution in [2.45, 2.75) is 32.7 Å². The minimum absolute atomic E-state index is 0.00642. The van der Waals surface area contributed by atoms with Gasteiger partial charge in [-0.15, -0.1) is 11.3 Å². The fourth-order valence-electron chi connectivity index (χ4n) is 2.02. The molecule has 1 N–H and O–H groups in total. The molecule has 0 aromatic carbocycles. The van der Waals surface area contributed by atoms with E-state index in [1.54, 1.807) is 6.07 Å². The van der Waals surface area contributed by atoms with Gasteiger partial charge in [0.1, 0.15) is 0 Å². The maximum Gasteiger partial charge on any atom is 0.328 e. The van der Waals surface area contributed by atoms with Crippen molar-refractivity contribution in [3.05, 3.63) is 28.0 Å². The van der Waals surface area contributed by atoms with Gasteiger partial charge in [0.15, 0.2) is 0 Å². The number of aliphatic carboxylic acids is 1. The van der Waals surface area contributed by atoms with Gasteiger partial charge in [-0.25, -0.2) is 4.79 Å². The molecule has 20 heavy (non-hydrogen) atoms. The van der Waals surface area contributed by atoms with E-state index in [9.17, 15) is 9.59 Å². The van der Waals surface area contributed by atoms with Gasteiger partial charge in [-0.05, 0) is 55.7 Å². The number of nitrogens with zero attached hydrogens (tertiary/aromatic N) is 1. The molecular weight excluding hydrogens is 274 g/mol. The van der Waals surface area contributed by atoms with Crippen molar-refractivity contribution in [1.29, 1.82) is 0 Å². The summed E-state index contributed by atoms with van der Waals surface area (Å²) in [7, 11) is 0. The van der Waals surface area contributed by atoms with Crippen LogP contribution in [0.3, 0.4) is 0 Å². The van der Waals surface area contributed by atoms with Crippen molar-refractivity contribution >= 4 is 29.3 Å². The summed E-state index contributed by atoms with van der Waals surface area (Å²) in [6, 6.07) is 1.94.